The summed E-state index contributed by atoms with van der Waals surface area (Å²) < 4.78 is 4.24. The molecule has 0 bridgehead atoms. The summed E-state index contributed by atoms with van der Waals surface area (Å²) in [6, 6.07) is 15.4. The molecule has 4 rings (SSSR count). The van der Waals surface area contributed by atoms with Gasteiger partial charge in [-0.05, 0) is 63.1 Å². The summed E-state index contributed by atoms with van der Waals surface area (Å²) in [6.45, 7) is 8.74. The number of hydrogen-bond acceptors (Lipinski definition) is 1. The number of aromatic hydroxyl groups is 1. The van der Waals surface area contributed by atoms with Crippen molar-refractivity contribution >= 4 is 21.7 Å². The van der Waals surface area contributed by atoms with E-state index in [2.05, 4.69) is 74.7 Å². The number of benzene rings is 2. The molecular formula is C23H26N2O. The average Bonchev–Trinajstić information content (AvgIpc) is 3.11. The predicted molar refractivity (Wildman–Crippen MR) is 110 cm³/mol. The van der Waals surface area contributed by atoms with Crippen LogP contribution in [0.3, 0.4) is 0 Å². The summed E-state index contributed by atoms with van der Waals surface area (Å²) in [5, 5.41) is 14.0. The Bertz CT molecular complexity index is 1100. The van der Waals surface area contributed by atoms with Crippen LogP contribution in [0.25, 0.3) is 27.4 Å². The highest BCUT2D eigenvalue weighted by atomic mass is 16.3. The van der Waals surface area contributed by atoms with E-state index in [4.69, 9.17) is 0 Å². The molecule has 0 aliphatic rings. The topological polar surface area (TPSA) is 30.1 Å². The molecule has 0 atom stereocenters. The summed E-state index contributed by atoms with van der Waals surface area (Å²) in [4.78, 5) is 0. The lowest BCUT2D eigenvalue weighted by Gasteiger charge is -2.12. The van der Waals surface area contributed by atoms with Crippen molar-refractivity contribution in [2.45, 2.75) is 46.6 Å². The van der Waals surface area contributed by atoms with Gasteiger partial charge in [-0.15, -0.1) is 0 Å². The highest BCUT2D eigenvalue weighted by Crippen LogP contribution is 2.33. The van der Waals surface area contributed by atoms with E-state index in [9.17, 15) is 5.11 Å². The Morgan fingerprint density at radius 1 is 1.00 bits per heavy atom. The molecule has 0 aliphatic heterocycles. The first-order chi connectivity index (χ1) is 12.5. The Hall–Kier alpha value is -2.68. The molecule has 0 fully saturated rings. The van der Waals surface area contributed by atoms with Crippen molar-refractivity contribution in [3.63, 3.8) is 0 Å². The number of aryl methyl sites for hydroxylation is 2. The normalized spacial score (nSPS) is 11.9. The minimum atomic E-state index is 0.317. The van der Waals surface area contributed by atoms with Crippen LogP contribution in [0.15, 0.2) is 48.7 Å². The van der Waals surface area contributed by atoms with E-state index < -0.39 is 0 Å². The van der Waals surface area contributed by atoms with Crippen molar-refractivity contribution < 1.29 is 5.11 Å². The third-order valence-electron chi connectivity index (χ3n) is 5.20. The number of hydrogen-bond donors (Lipinski definition) is 1. The van der Waals surface area contributed by atoms with E-state index in [-0.39, 0.29) is 0 Å². The van der Waals surface area contributed by atoms with Crippen molar-refractivity contribution in [1.82, 2.24) is 9.13 Å². The maximum atomic E-state index is 10.8. The Labute approximate surface area is 154 Å². The zero-order valence-electron chi connectivity index (χ0n) is 16.0. The zero-order chi connectivity index (χ0) is 18.4. The lowest BCUT2D eigenvalue weighted by molar-refractivity contribution is 0.448. The van der Waals surface area contributed by atoms with Crippen LogP contribution in [0.1, 0.15) is 44.5 Å². The second-order valence-electron chi connectivity index (χ2n) is 7.49. The summed E-state index contributed by atoms with van der Waals surface area (Å²) >= 11 is 0. The number of rotatable bonds is 4. The van der Waals surface area contributed by atoms with Crippen molar-refractivity contribution in [3.05, 3.63) is 59.9 Å². The van der Waals surface area contributed by atoms with Crippen LogP contribution in [0.5, 0.6) is 5.88 Å². The molecule has 0 saturated heterocycles. The quantitative estimate of drug-likeness (QED) is 0.473. The molecule has 0 aliphatic carbocycles. The maximum absolute atomic E-state index is 10.8. The maximum Gasteiger partial charge on any atom is 0.203 e. The molecule has 2 aromatic carbocycles. The first-order valence-corrected chi connectivity index (χ1v) is 9.44. The third-order valence-corrected chi connectivity index (χ3v) is 5.20. The Morgan fingerprint density at radius 2 is 1.81 bits per heavy atom. The molecule has 0 amide bonds. The fraction of sp³-hybridized carbons (Fsp3) is 0.304. The lowest BCUT2D eigenvalue weighted by Crippen LogP contribution is -2.02. The molecule has 2 heterocycles. The molecular weight excluding hydrogens is 320 g/mol. The molecule has 3 heteroatoms. The van der Waals surface area contributed by atoms with Crippen LogP contribution in [0.2, 0.25) is 0 Å². The first kappa shape index (κ1) is 16.8. The van der Waals surface area contributed by atoms with Crippen molar-refractivity contribution in [2.75, 3.05) is 0 Å². The fourth-order valence-corrected chi connectivity index (χ4v) is 4.08. The number of nitrogens with zero attached hydrogens (tertiary/aromatic N) is 2. The van der Waals surface area contributed by atoms with Crippen molar-refractivity contribution in [1.29, 1.82) is 0 Å². The first-order valence-electron chi connectivity index (χ1n) is 9.44. The molecule has 0 spiro atoms. The molecule has 0 saturated carbocycles. The van der Waals surface area contributed by atoms with Gasteiger partial charge in [0.15, 0.2) is 0 Å². The van der Waals surface area contributed by atoms with Crippen molar-refractivity contribution in [2.24, 2.45) is 0 Å². The highest BCUT2D eigenvalue weighted by molar-refractivity contribution is 5.90. The molecule has 0 radical (unpaired) electrons. The molecule has 4 aromatic rings. The van der Waals surface area contributed by atoms with Gasteiger partial charge in [0.2, 0.25) is 5.88 Å². The van der Waals surface area contributed by atoms with E-state index in [0.717, 1.165) is 29.3 Å². The smallest absolute Gasteiger partial charge is 0.203 e. The van der Waals surface area contributed by atoms with E-state index >= 15 is 0 Å². The zero-order valence-corrected chi connectivity index (χ0v) is 16.0. The summed E-state index contributed by atoms with van der Waals surface area (Å²) in [5.41, 5.74) is 4.76. The van der Waals surface area contributed by atoms with Gasteiger partial charge in [-0.2, -0.15) is 0 Å². The summed E-state index contributed by atoms with van der Waals surface area (Å²) in [5.74, 6) is 0.317. The molecule has 0 unspecified atom stereocenters. The van der Waals surface area contributed by atoms with E-state index in [1.54, 1.807) is 0 Å². The minimum absolute atomic E-state index is 0.317. The molecule has 26 heavy (non-hydrogen) atoms. The predicted octanol–water partition coefficient (Wildman–Crippen LogP) is 6.13. The van der Waals surface area contributed by atoms with Crippen LogP contribution in [-0.4, -0.2) is 14.2 Å². The monoisotopic (exact) mass is 346 g/mol. The SMILES string of the molecule is CCCc1ccc2cn(-c3ccc4c(c3)cc(C)n4C(C)C)c(O)c2c1. The molecule has 134 valence electrons. The highest BCUT2D eigenvalue weighted by Gasteiger charge is 2.13. The van der Waals surface area contributed by atoms with Crippen LogP contribution >= 0.6 is 0 Å². The van der Waals surface area contributed by atoms with Crippen molar-refractivity contribution in [3.8, 4) is 11.6 Å². The number of fused-ring (bicyclic) bond motifs is 2. The average molecular weight is 346 g/mol. The third kappa shape index (κ3) is 2.59. The van der Waals surface area contributed by atoms with Crippen LogP contribution < -0.4 is 0 Å². The van der Waals surface area contributed by atoms with E-state index in [1.165, 1.54) is 22.2 Å². The second kappa shape index (κ2) is 6.24. The Morgan fingerprint density at radius 3 is 2.54 bits per heavy atom. The Kier molecular flexibility index (Phi) is 4.03. The van der Waals surface area contributed by atoms with E-state index in [0.29, 0.717) is 11.9 Å². The second-order valence-corrected chi connectivity index (χ2v) is 7.49. The van der Waals surface area contributed by atoms with Gasteiger partial charge in [0.05, 0.1) is 0 Å². The minimum Gasteiger partial charge on any atom is -0.494 e. The van der Waals surface area contributed by atoms with Gasteiger partial charge in [-0.25, -0.2) is 0 Å². The molecule has 3 nitrogen and oxygen atoms in total. The van der Waals surface area contributed by atoms with Gasteiger partial charge in [0.1, 0.15) is 0 Å². The standard InChI is InChI=1S/C23H26N2O/c1-5-6-17-7-8-18-14-24(23(26)21(18)12-17)20-9-10-22-19(13-20)11-16(4)25(22)15(2)3/h7-15,26H,5-6H2,1-4H3. The van der Waals surface area contributed by atoms with Gasteiger partial charge < -0.3 is 9.67 Å². The van der Waals surface area contributed by atoms with Crippen LogP contribution in [0.4, 0.5) is 0 Å². The lowest BCUT2D eigenvalue weighted by atomic mass is 10.1. The van der Waals surface area contributed by atoms with Gasteiger partial charge in [0, 0.05) is 45.3 Å². The van der Waals surface area contributed by atoms with Gasteiger partial charge >= 0.3 is 0 Å². The molecule has 1 N–H and O–H groups in total. The summed E-state index contributed by atoms with van der Waals surface area (Å²) in [7, 11) is 0. The van der Waals surface area contributed by atoms with Gasteiger partial charge in [-0.1, -0.05) is 25.5 Å². The van der Waals surface area contributed by atoms with Crippen LogP contribution in [0, 0.1) is 6.92 Å². The van der Waals surface area contributed by atoms with Gasteiger partial charge in [0.25, 0.3) is 0 Å². The fourth-order valence-electron chi connectivity index (χ4n) is 4.08. The number of aromatic nitrogens is 2. The van der Waals surface area contributed by atoms with Gasteiger partial charge in [-0.3, -0.25) is 4.57 Å². The largest absolute Gasteiger partial charge is 0.494 e. The van der Waals surface area contributed by atoms with E-state index in [1.807, 2.05) is 10.8 Å². The summed E-state index contributed by atoms with van der Waals surface area (Å²) in [6.07, 6.45) is 4.16. The Balaban J connectivity index is 1.85. The molecule has 2 aromatic heterocycles. The van der Waals surface area contributed by atoms with Crippen LogP contribution in [-0.2, 0) is 6.42 Å².